The summed E-state index contributed by atoms with van der Waals surface area (Å²) in [6, 6.07) is 7.25. The summed E-state index contributed by atoms with van der Waals surface area (Å²) in [6.45, 7) is -0.0902. The Morgan fingerprint density at radius 2 is 2.00 bits per heavy atom. The molecular weight excluding hydrogens is 432 g/mol. The zero-order valence-electron chi connectivity index (χ0n) is 16.0. The van der Waals surface area contributed by atoms with Gasteiger partial charge in [0.15, 0.2) is 0 Å². The standard InChI is InChI=1S/C21H16ClF2N3O4/c22-15-9-11(1-4-16(15)23)25-20(28)14-2-5-17(24)19-13(14)3-6-18(19)26-21(29)30-10-12-7-8-31-27-12/h1-2,4-5,7-9,18H,3,6,10H2,(H,25,28)(H,26,29)/t18-/m0/s1. The van der Waals surface area contributed by atoms with Gasteiger partial charge in [0.2, 0.25) is 0 Å². The Bertz CT molecular complexity index is 1140. The van der Waals surface area contributed by atoms with Crippen LogP contribution in [-0.4, -0.2) is 17.2 Å². The lowest BCUT2D eigenvalue weighted by Crippen LogP contribution is -2.28. The van der Waals surface area contributed by atoms with Gasteiger partial charge in [0.05, 0.1) is 11.1 Å². The number of ether oxygens (including phenoxy) is 1. The number of anilines is 1. The van der Waals surface area contributed by atoms with Gasteiger partial charge in [0, 0.05) is 22.9 Å². The molecule has 0 bridgehead atoms. The van der Waals surface area contributed by atoms with Crippen molar-refractivity contribution in [2.24, 2.45) is 0 Å². The van der Waals surface area contributed by atoms with Crippen molar-refractivity contribution < 1.29 is 27.6 Å². The van der Waals surface area contributed by atoms with E-state index in [0.29, 0.717) is 29.8 Å². The van der Waals surface area contributed by atoms with Crippen LogP contribution < -0.4 is 10.6 Å². The molecule has 31 heavy (non-hydrogen) atoms. The van der Waals surface area contributed by atoms with Gasteiger partial charge in [0.25, 0.3) is 5.91 Å². The molecule has 2 amide bonds. The molecule has 7 nitrogen and oxygen atoms in total. The molecule has 4 rings (SSSR count). The van der Waals surface area contributed by atoms with E-state index in [-0.39, 0.29) is 22.8 Å². The van der Waals surface area contributed by atoms with Crippen molar-refractivity contribution >= 4 is 29.3 Å². The molecule has 0 fully saturated rings. The van der Waals surface area contributed by atoms with Crippen LogP contribution in [0.2, 0.25) is 5.02 Å². The largest absolute Gasteiger partial charge is 0.443 e. The van der Waals surface area contributed by atoms with Gasteiger partial charge in [-0.1, -0.05) is 16.8 Å². The minimum Gasteiger partial charge on any atom is -0.443 e. The summed E-state index contributed by atoms with van der Waals surface area (Å²) in [6.07, 6.45) is 1.40. The van der Waals surface area contributed by atoms with Crippen LogP contribution in [0, 0.1) is 11.6 Å². The molecule has 1 aliphatic rings. The summed E-state index contributed by atoms with van der Waals surface area (Å²) in [5.41, 5.74) is 1.74. The van der Waals surface area contributed by atoms with Gasteiger partial charge in [-0.3, -0.25) is 4.79 Å². The van der Waals surface area contributed by atoms with E-state index in [2.05, 4.69) is 20.3 Å². The average molecular weight is 448 g/mol. The molecule has 0 aliphatic heterocycles. The fraction of sp³-hybridized carbons (Fsp3) is 0.190. The molecule has 1 aliphatic carbocycles. The normalized spacial score (nSPS) is 14.7. The number of aromatic nitrogens is 1. The van der Waals surface area contributed by atoms with E-state index in [4.69, 9.17) is 16.3 Å². The number of halogens is 3. The van der Waals surface area contributed by atoms with Crippen LogP contribution in [0.5, 0.6) is 0 Å². The molecule has 10 heteroatoms. The maximum Gasteiger partial charge on any atom is 0.408 e. The molecule has 2 aromatic carbocycles. The third-order valence-corrected chi connectivity index (χ3v) is 5.18. The van der Waals surface area contributed by atoms with Crippen LogP contribution in [0.4, 0.5) is 19.3 Å². The van der Waals surface area contributed by atoms with Crippen LogP contribution >= 0.6 is 11.6 Å². The lowest BCUT2D eigenvalue weighted by Gasteiger charge is -2.16. The molecule has 0 saturated carbocycles. The van der Waals surface area contributed by atoms with E-state index >= 15 is 0 Å². The van der Waals surface area contributed by atoms with Crippen molar-refractivity contribution in [1.82, 2.24) is 10.5 Å². The lowest BCUT2D eigenvalue weighted by atomic mass is 10.0. The number of nitrogens with one attached hydrogen (secondary N) is 2. The Kier molecular flexibility index (Phi) is 5.85. The summed E-state index contributed by atoms with van der Waals surface area (Å²) < 4.78 is 37.6. The smallest absolute Gasteiger partial charge is 0.408 e. The van der Waals surface area contributed by atoms with Gasteiger partial charge in [-0.15, -0.1) is 0 Å². The lowest BCUT2D eigenvalue weighted by molar-refractivity contribution is 0.102. The van der Waals surface area contributed by atoms with Crippen molar-refractivity contribution in [2.75, 3.05) is 5.32 Å². The first-order valence-corrected chi connectivity index (χ1v) is 9.70. The van der Waals surface area contributed by atoms with Crippen molar-refractivity contribution in [2.45, 2.75) is 25.5 Å². The van der Waals surface area contributed by atoms with Gasteiger partial charge in [-0.25, -0.2) is 13.6 Å². The predicted molar refractivity (Wildman–Crippen MR) is 107 cm³/mol. The second-order valence-corrected chi connectivity index (χ2v) is 7.28. The summed E-state index contributed by atoms with van der Waals surface area (Å²) >= 11 is 5.75. The Balaban J connectivity index is 1.48. The molecule has 2 N–H and O–H groups in total. The molecule has 0 radical (unpaired) electrons. The fourth-order valence-electron chi connectivity index (χ4n) is 3.48. The second kappa shape index (κ2) is 8.73. The van der Waals surface area contributed by atoms with Crippen LogP contribution in [0.15, 0.2) is 47.2 Å². The Morgan fingerprint density at radius 1 is 1.19 bits per heavy atom. The summed E-state index contributed by atoms with van der Waals surface area (Å²) in [5.74, 6) is -1.63. The van der Waals surface area contributed by atoms with E-state index in [0.717, 1.165) is 6.07 Å². The Morgan fingerprint density at radius 3 is 2.74 bits per heavy atom. The van der Waals surface area contributed by atoms with Gasteiger partial charge in [-0.05, 0) is 48.7 Å². The Hall–Kier alpha value is -3.46. The molecule has 1 heterocycles. The van der Waals surface area contributed by atoms with Gasteiger partial charge >= 0.3 is 6.09 Å². The number of carbonyl (C=O) groups is 2. The highest BCUT2D eigenvalue weighted by Gasteiger charge is 2.31. The van der Waals surface area contributed by atoms with E-state index in [1.807, 2.05) is 0 Å². The quantitative estimate of drug-likeness (QED) is 0.587. The number of amides is 2. The summed E-state index contributed by atoms with van der Waals surface area (Å²) in [4.78, 5) is 24.8. The van der Waals surface area contributed by atoms with E-state index in [1.165, 1.54) is 30.5 Å². The number of fused-ring (bicyclic) bond motifs is 1. The predicted octanol–water partition coefficient (Wildman–Crippen LogP) is 4.77. The third-order valence-electron chi connectivity index (χ3n) is 4.89. The van der Waals surface area contributed by atoms with Crippen LogP contribution in [0.1, 0.15) is 39.6 Å². The van der Waals surface area contributed by atoms with Crippen molar-refractivity contribution in [1.29, 1.82) is 0 Å². The van der Waals surface area contributed by atoms with Crippen molar-refractivity contribution in [3.05, 3.63) is 81.7 Å². The molecule has 0 saturated heterocycles. The first-order chi connectivity index (χ1) is 14.9. The highest BCUT2D eigenvalue weighted by atomic mass is 35.5. The third kappa shape index (κ3) is 4.51. The van der Waals surface area contributed by atoms with Crippen LogP contribution in [-0.2, 0) is 17.8 Å². The molecule has 0 unspecified atom stereocenters. The van der Waals surface area contributed by atoms with E-state index in [9.17, 15) is 18.4 Å². The zero-order chi connectivity index (χ0) is 22.0. The number of benzene rings is 2. The first kappa shape index (κ1) is 20.8. The SMILES string of the molecule is O=C(N[C@H]1CCc2c(C(=O)Nc3ccc(F)c(Cl)c3)ccc(F)c21)OCc1ccon1. The minimum atomic E-state index is -0.740. The fourth-order valence-corrected chi connectivity index (χ4v) is 3.66. The van der Waals surface area contributed by atoms with E-state index < -0.39 is 29.7 Å². The topological polar surface area (TPSA) is 93.5 Å². The van der Waals surface area contributed by atoms with E-state index in [1.54, 1.807) is 6.07 Å². The average Bonchev–Trinajstić information content (AvgIpc) is 3.40. The Labute approximate surface area is 180 Å². The number of hydrogen-bond donors (Lipinski definition) is 2. The monoisotopic (exact) mass is 447 g/mol. The molecular formula is C21H16ClF2N3O4. The molecule has 1 atom stereocenters. The number of alkyl carbamates (subject to hydrolysis) is 1. The summed E-state index contributed by atoms with van der Waals surface area (Å²) in [7, 11) is 0. The van der Waals surface area contributed by atoms with Gasteiger partial charge < -0.3 is 19.9 Å². The highest BCUT2D eigenvalue weighted by molar-refractivity contribution is 6.31. The summed E-state index contributed by atoms with van der Waals surface area (Å²) in [5, 5.41) is 8.75. The van der Waals surface area contributed by atoms with Crippen LogP contribution in [0.25, 0.3) is 0 Å². The first-order valence-electron chi connectivity index (χ1n) is 9.32. The molecule has 160 valence electrons. The maximum absolute atomic E-state index is 14.6. The molecule has 3 aromatic rings. The number of hydrogen-bond acceptors (Lipinski definition) is 5. The van der Waals surface area contributed by atoms with Gasteiger partial charge in [-0.2, -0.15) is 0 Å². The molecule has 0 spiro atoms. The number of nitrogens with zero attached hydrogens (tertiary/aromatic N) is 1. The number of rotatable bonds is 5. The molecule has 1 aromatic heterocycles. The van der Waals surface area contributed by atoms with Crippen molar-refractivity contribution in [3.63, 3.8) is 0 Å². The highest BCUT2D eigenvalue weighted by Crippen LogP contribution is 2.36. The number of carbonyl (C=O) groups excluding carboxylic acids is 2. The van der Waals surface area contributed by atoms with Gasteiger partial charge in [0.1, 0.15) is 30.2 Å². The maximum atomic E-state index is 14.6. The minimum absolute atomic E-state index is 0.0902. The van der Waals surface area contributed by atoms with Crippen molar-refractivity contribution in [3.8, 4) is 0 Å². The zero-order valence-corrected chi connectivity index (χ0v) is 16.7. The van der Waals surface area contributed by atoms with Crippen LogP contribution in [0.3, 0.4) is 0 Å². The second-order valence-electron chi connectivity index (χ2n) is 6.87.